The van der Waals surface area contributed by atoms with E-state index in [2.05, 4.69) is 49.0 Å². The Kier molecular flexibility index (Phi) is 6.00. The van der Waals surface area contributed by atoms with Crippen molar-refractivity contribution in [2.75, 3.05) is 13.2 Å². The van der Waals surface area contributed by atoms with Crippen molar-refractivity contribution in [3.05, 3.63) is 23.9 Å². The van der Waals surface area contributed by atoms with Crippen molar-refractivity contribution in [1.29, 1.82) is 0 Å². The highest BCUT2D eigenvalue weighted by Gasteiger charge is 2.20. The molecule has 4 nitrogen and oxygen atoms in total. The molecular weight excluding hydrogens is 262 g/mol. The van der Waals surface area contributed by atoms with E-state index in [1.165, 1.54) is 12.8 Å². The van der Waals surface area contributed by atoms with E-state index in [1.807, 2.05) is 12.1 Å². The average Bonchev–Trinajstić information content (AvgIpc) is 3.25. The second-order valence-corrected chi connectivity index (χ2v) is 6.40. The smallest absolute Gasteiger partial charge is 0.213 e. The lowest BCUT2D eigenvalue weighted by atomic mass is 10.2. The van der Waals surface area contributed by atoms with E-state index in [0.29, 0.717) is 24.7 Å². The fourth-order valence-corrected chi connectivity index (χ4v) is 2.54. The second kappa shape index (κ2) is 7.76. The monoisotopic (exact) mass is 291 g/mol. The topological polar surface area (TPSA) is 37.4 Å². The van der Waals surface area contributed by atoms with Gasteiger partial charge in [-0.3, -0.25) is 4.90 Å². The zero-order valence-electron chi connectivity index (χ0n) is 13.8. The molecule has 21 heavy (non-hydrogen) atoms. The molecule has 1 aliphatic carbocycles. The van der Waals surface area contributed by atoms with Crippen LogP contribution in [0.25, 0.3) is 0 Å². The Hall–Kier alpha value is -1.13. The Morgan fingerprint density at radius 2 is 1.95 bits per heavy atom. The van der Waals surface area contributed by atoms with Crippen molar-refractivity contribution in [1.82, 2.24) is 15.2 Å². The van der Waals surface area contributed by atoms with Crippen molar-refractivity contribution in [3.63, 3.8) is 0 Å². The molecule has 1 heterocycles. The molecule has 4 heteroatoms. The SMILES string of the molecule is CC(C)N(CCOc1cccc(CNC2CC2)n1)C(C)C. The maximum Gasteiger partial charge on any atom is 0.213 e. The molecule has 1 aromatic rings. The summed E-state index contributed by atoms with van der Waals surface area (Å²) in [5, 5.41) is 3.48. The van der Waals surface area contributed by atoms with Crippen LogP contribution < -0.4 is 10.1 Å². The van der Waals surface area contributed by atoms with Gasteiger partial charge >= 0.3 is 0 Å². The minimum atomic E-state index is 0.538. The molecule has 0 atom stereocenters. The average molecular weight is 291 g/mol. The number of rotatable bonds is 9. The highest BCUT2D eigenvalue weighted by molar-refractivity contribution is 5.16. The summed E-state index contributed by atoms with van der Waals surface area (Å²) >= 11 is 0. The van der Waals surface area contributed by atoms with Gasteiger partial charge in [0.25, 0.3) is 0 Å². The molecule has 0 amide bonds. The van der Waals surface area contributed by atoms with Crippen LogP contribution in [0.5, 0.6) is 5.88 Å². The lowest BCUT2D eigenvalue weighted by molar-refractivity contribution is 0.140. The first-order valence-electron chi connectivity index (χ1n) is 8.14. The Bertz CT molecular complexity index is 422. The van der Waals surface area contributed by atoms with Gasteiger partial charge in [0.2, 0.25) is 5.88 Å². The third-order valence-corrected chi connectivity index (χ3v) is 3.86. The number of nitrogens with one attached hydrogen (secondary N) is 1. The Morgan fingerprint density at radius 3 is 2.57 bits per heavy atom. The highest BCUT2D eigenvalue weighted by atomic mass is 16.5. The van der Waals surface area contributed by atoms with Crippen LogP contribution in [0.15, 0.2) is 18.2 Å². The fourth-order valence-electron chi connectivity index (χ4n) is 2.54. The number of aromatic nitrogens is 1. The third-order valence-electron chi connectivity index (χ3n) is 3.86. The number of hydrogen-bond donors (Lipinski definition) is 1. The molecule has 0 bridgehead atoms. The standard InChI is InChI=1S/C17H29N3O/c1-13(2)20(14(3)4)10-11-21-17-7-5-6-16(19-17)12-18-15-8-9-15/h5-7,13-15,18H,8-12H2,1-4H3. The summed E-state index contributed by atoms with van der Waals surface area (Å²) in [7, 11) is 0. The van der Waals surface area contributed by atoms with Gasteiger partial charge in [-0.25, -0.2) is 4.98 Å². The second-order valence-electron chi connectivity index (χ2n) is 6.40. The highest BCUT2D eigenvalue weighted by Crippen LogP contribution is 2.19. The van der Waals surface area contributed by atoms with Crippen LogP contribution in [0.1, 0.15) is 46.2 Å². The fraction of sp³-hybridized carbons (Fsp3) is 0.706. The Balaban J connectivity index is 1.77. The van der Waals surface area contributed by atoms with Crippen LogP contribution in [-0.4, -0.2) is 41.2 Å². The predicted molar refractivity (Wildman–Crippen MR) is 86.6 cm³/mol. The van der Waals surface area contributed by atoms with E-state index in [1.54, 1.807) is 0 Å². The zero-order chi connectivity index (χ0) is 15.2. The van der Waals surface area contributed by atoms with E-state index in [-0.39, 0.29) is 0 Å². The molecule has 0 saturated heterocycles. The maximum atomic E-state index is 5.82. The van der Waals surface area contributed by atoms with Crippen molar-refractivity contribution in [2.45, 2.75) is 65.2 Å². The molecule has 0 aliphatic heterocycles. The van der Waals surface area contributed by atoms with Crippen molar-refractivity contribution in [2.24, 2.45) is 0 Å². The number of pyridine rings is 1. The lowest BCUT2D eigenvalue weighted by Crippen LogP contribution is -2.39. The van der Waals surface area contributed by atoms with Crippen molar-refractivity contribution in [3.8, 4) is 5.88 Å². The summed E-state index contributed by atoms with van der Waals surface area (Å²) in [6.07, 6.45) is 2.60. The minimum Gasteiger partial charge on any atom is -0.476 e. The summed E-state index contributed by atoms with van der Waals surface area (Å²) in [5.74, 6) is 0.734. The third kappa shape index (κ3) is 5.64. The molecule has 1 aliphatic rings. The molecule has 0 aromatic carbocycles. The summed E-state index contributed by atoms with van der Waals surface area (Å²) < 4.78 is 5.82. The van der Waals surface area contributed by atoms with Gasteiger partial charge in [-0.15, -0.1) is 0 Å². The molecule has 1 fully saturated rings. The molecule has 2 rings (SSSR count). The van der Waals surface area contributed by atoms with Crippen LogP contribution in [0, 0.1) is 0 Å². The van der Waals surface area contributed by atoms with Crippen LogP contribution in [0.2, 0.25) is 0 Å². The van der Waals surface area contributed by atoms with E-state index in [0.717, 1.165) is 24.7 Å². The summed E-state index contributed by atoms with van der Waals surface area (Å²) in [4.78, 5) is 6.98. The maximum absolute atomic E-state index is 5.82. The molecule has 1 saturated carbocycles. The molecule has 0 radical (unpaired) electrons. The lowest BCUT2D eigenvalue weighted by Gasteiger charge is -2.30. The number of nitrogens with zero attached hydrogens (tertiary/aromatic N) is 2. The van der Waals surface area contributed by atoms with Crippen molar-refractivity contribution < 1.29 is 4.74 Å². The Morgan fingerprint density at radius 1 is 1.24 bits per heavy atom. The van der Waals surface area contributed by atoms with Gasteiger partial charge in [0.1, 0.15) is 6.61 Å². The molecule has 0 spiro atoms. The van der Waals surface area contributed by atoms with Gasteiger partial charge in [0.15, 0.2) is 0 Å². The molecule has 1 aromatic heterocycles. The van der Waals surface area contributed by atoms with Crippen LogP contribution in [0.3, 0.4) is 0 Å². The molecule has 118 valence electrons. The first-order valence-corrected chi connectivity index (χ1v) is 8.14. The normalized spacial score (nSPS) is 15.2. The van der Waals surface area contributed by atoms with Gasteiger partial charge in [0, 0.05) is 37.3 Å². The summed E-state index contributed by atoms with van der Waals surface area (Å²) in [6, 6.07) is 7.80. The largest absolute Gasteiger partial charge is 0.476 e. The van der Waals surface area contributed by atoms with Crippen LogP contribution in [-0.2, 0) is 6.54 Å². The minimum absolute atomic E-state index is 0.538. The van der Waals surface area contributed by atoms with Gasteiger partial charge in [-0.2, -0.15) is 0 Å². The van der Waals surface area contributed by atoms with Crippen molar-refractivity contribution >= 4 is 0 Å². The molecule has 0 unspecified atom stereocenters. The summed E-state index contributed by atoms with van der Waals surface area (Å²) in [6.45, 7) is 11.4. The number of ether oxygens (including phenoxy) is 1. The van der Waals surface area contributed by atoms with E-state index >= 15 is 0 Å². The molecule has 1 N–H and O–H groups in total. The van der Waals surface area contributed by atoms with Gasteiger partial charge in [-0.05, 0) is 46.6 Å². The van der Waals surface area contributed by atoms with Crippen LogP contribution >= 0.6 is 0 Å². The summed E-state index contributed by atoms with van der Waals surface area (Å²) in [5.41, 5.74) is 1.06. The quantitative estimate of drug-likeness (QED) is 0.759. The zero-order valence-corrected chi connectivity index (χ0v) is 13.8. The first-order chi connectivity index (χ1) is 10.1. The van der Waals surface area contributed by atoms with E-state index in [9.17, 15) is 0 Å². The van der Waals surface area contributed by atoms with Crippen LogP contribution in [0.4, 0.5) is 0 Å². The number of hydrogen-bond acceptors (Lipinski definition) is 4. The van der Waals surface area contributed by atoms with Gasteiger partial charge in [-0.1, -0.05) is 6.07 Å². The van der Waals surface area contributed by atoms with Gasteiger partial charge < -0.3 is 10.1 Å². The first kappa shape index (κ1) is 16.2. The predicted octanol–water partition coefficient (Wildman–Crippen LogP) is 2.83. The van der Waals surface area contributed by atoms with E-state index in [4.69, 9.17) is 4.74 Å². The van der Waals surface area contributed by atoms with E-state index < -0.39 is 0 Å². The Labute approximate surface area is 128 Å². The van der Waals surface area contributed by atoms with Gasteiger partial charge in [0.05, 0.1) is 5.69 Å². The molecular formula is C17H29N3O.